The molecule has 0 amide bonds. The molecular weight excluding hydrogens is 193 g/mol. The van der Waals surface area contributed by atoms with E-state index in [2.05, 4.69) is 21.7 Å². The van der Waals surface area contributed by atoms with Crippen LogP contribution < -0.4 is 4.90 Å². The Bertz CT molecular complexity index is 321. The van der Waals surface area contributed by atoms with Gasteiger partial charge in [0.25, 0.3) is 0 Å². The van der Waals surface area contributed by atoms with Gasteiger partial charge >= 0.3 is 0 Å². The zero-order chi connectivity index (χ0) is 10.7. The minimum atomic E-state index is -0.398. The molecule has 4 heteroatoms. The fraction of sp³-hybridized carbons (Fsp3) is 0.545. The molecule has 1 aromatic heterocycles. The highest BCUT2D eigenvalue weighted by Gasteiger charge is 2.15. The normalized spacial score (nSPS) is 18.1. The van der Waals surface area contributed by atoms with Crippen LogP contribution in [0.2, 0.25) is 0 Å². The zero-order valence-corrected chi connectivity index (χ0v) is 8.99. The molecule has 1 aliphatic heterocycles. The molecule has 0 aliphatic carbocycles. The van der Waals surface area contributed by atoms with Gasteiger partial charge in [-0.2, -0.15) is 4.39 Å². The summed E-state index contributed by atoms with van der Waals surface area (Å²) < 4.78 is 12.9. The SMILES string of the molecule is CCN1CCN(c2ccnc(F)c2)CC1. The van der Waals surface area contributed by atoms with Gasteiger partial charge in [0, 0.05) is 44.1 Å². The van der Waals surface area contributed by atoms with E-state index in [-0.39, 0.29) is 0 Å². The predicted octanol–water partition coefficient (Wildman–Crippen LogP) is 1.36. The first-order valence-corrected chi connectivity index (χ1v) is 5.38. The van der Waals surface area contributed by atoms with Gasteiger partial charge in [-0.25, -0.2) is 4.98 Å². The van der Waals surface area contributed by atoms with Crippen molar-refractivity contribution >= 4 is 5.69 Å². The van der Waals surface area contributed by atoms with Crippen molar-refractivity contribution < 1.29 is 4.39 Å². The number of likely N-dealkylation sites (N-methyl/N-ethyl adjacent to an activating group) is 1. The lowest BCUT2D eigenvalue weighted by Crippen LogP contribution is -2.46. The summed E-state index contributed by atoms with van der Waals surface area (Å²) in [5.74, 6) is -0.398. The van der Waals surface area contributed by atoms with E-state index in [9.17, 15) is 4.39 Å². The Hall–Kier alpha value is -1.16. The van der Waals surface area contributed by atoms with Crippen LogP contribution in [0.3, 0.4) is 0 Å². The summed E-state index contributed by atoms with van der Waals surface area (Å²) in [5, 5.41) is 0. The van der Waals surface area contributed by atoms with Crippen LogP contribution in [-0.4, -0.2) is 42.6 Å². The van der Waals surface area contributed by atoms with E-state index < -0.39 is 5.95 Å². The molecule has 3 nitrogen and oxygen atoms in total. The van der Waals surface area contributed by atoms with E-state index >= 15 is 0 Å². The number of piperazine rings is 1. The quantitative estimate of drug-likeness (QED) is 0.686. The third-order valence-corrected chi connectivity index (χ3v) is 2.89. The maximum Gasteiger partial charge on any atom is 0.214 e. The van der Waals surface area contributed by atoms with Crippen LogP contribution in [0, 0.1) is 5.95 Å². The van der Waals surface area contributed by atoms with Gasteiger partial charge < -0.3 is 9.80 Å². The van der Waals surface area contributed by atoms with Crippen molar-refractivity contribution in [2.75, 3.05) is 37.6 Å². The van der Waals surface area contributed by atoms with Gasteiger partial charge in [0.1, 0.15) is 0 Å². The molecule has 1 aliphatic rings. The van der Waals surface area contributed by atoms with E-state index in [1.165, 1.54) is 12.3 Å². The highest BCUT2D eigenvalue weighted by molar-refractivity contribution is 5.45. The van der Waals surface area contributed by atoms with Crippen LogP contribution in [0.5, 0.6) is 0 Å². The molecule has 2 heterocycles. The summed E-state index contributed by atoms with van der Waals surface area (Å²) in [6.07, 6.45) is 1.52. The molecule has 15 heavy (non-hydrogen) atoms. The Morgan fingerprint density at radius 2 is 2.07 bits per heavy atom. The number of nitrogens with zero attached hydrogens (tertiary/aromatic N) is 3. The number of rotatable bonds is 2. The molecule has 0 saturated carbocycles. The Balaban J connectivity index is 2.01. The van der Waals surface area contributed by atoms with Crippen LogP contribution in [0.1, 0.15) is 6.92 Å². The average molecular weight is 209 g/mol. The van der Waals surface area contributed by atoms with Gasteiger partial charge in [-0.3, -0.25) is 0 Å². The largest absolute Gasteiger partial charge is 0.369 e. The van der Waals surface area contributed by atoms with Crippen molar-refractivity contribution in [3.05, 3.63) is 24.3 Å². The molecule has 0 N–H and O–H groups in total. The first kappa shape index (κ1) is 10.4. The fourth-order valence-corrected chi connectivity index (χ4v) is 1.91. The summed E-state index contributed by atoms with van der Waals surface area (Å²) >= 11 is 0. The molecule has 0 radical (unpaired) electrons. The Kier molecular flexibility index (Phi) is 3.16. The predicted molar refractivity (Wildman–Crippen MR) is 58.5 cm³/mol. The van der Waals surface area contributed by atoms with Crippen LogP contribution in [-0.2, 0) is 0 Å². The first-order chi connectivity index (χ1) is 7.29. The number of pyridine rings is 1. The van der Waals surface area contributed by atoms with Gasteiger partial charge in [0.15, 0.2) is 0 Å². The summed E-state index contributed by atoms with van der Waals surface area (Å²) in [6.45, 7) is 7.32. The van der Waals surface area contributed by atoms with Crippen molar-refractivity contribution in [2.24, 2.45) is 0 Å². The number of anilines is 1. The molecule has 0 spiro atoms. The maximum atomic E-state index is 12.9. The van der Waals surface area contributed by atoms with Gasteiger partial charge in [-0.1, -0.05) is 6.92 Å². The summed E-state index contributed by atoms with van der Waals surface area (Å²) in [7, 11) is 0. The smallest absolute Gasteiger partial charge is 0.214 e. The monoisotopic (exact) mass is 209 g/mol. The number of halogens is 1. The van der Waals surface area contributed by atoms with E-state index in [4.69, 9.17) is 0 Å². The van der Waals surface area contributed by atoms with Crippen molar-refractivity contribution in [3.63, 3.8) is 0 Å². The van der Waals surface area contributed by atoms with Crippen molar-refractivity contribution in [1.29, 1.82) is 0 Å². The lowest BCUT2D eigenvalue weighted by atomic mass is 10.2. The van der Waals surface area contributed by atoms with Gasteiger partial charge in [0.2, 0.25) is 5.95 Å². The van der Waals surface area contributed by atoms with E-state index in [1.54, 1.807) is 0 Å². The van der Waals surface area contributed by atoms with Gasteiger partial charge in [-0.15, -0.1) is 0 Å². The molecule has 1 aromatic rings. The minimum absolute atomic E-state index is 0.398. The molecule has 2 rings (SSSR count). The second kappa shape index (κ2) is 4.57. The van der Waals surface area contributed by atoms with E-state index in [0.717, 1.165) is 38.4 Å². The third-order valence-electron chi connectivity index (χ3n) is 2.89. The highest BCUT2D eigenvalue weighted by atomic mass is 19.1. The molecule has 0 atom stereocenters. The lowest BCUT2D eigenvalue weighted by Gasteiger charge is -2.35. The fourth-order valence-electron chi connectivity index (χ4n) is 1.91. The molecule has 82 valence electrons. The van der Waals surface area contributed by atoms with Crippen molar-refractivity contribution in [3.8, 4) is 0 Å². The van der Waals surface area contributed by atoms with Crippen LogP contribution >= 0.6 is 0 Å². The van der Waals surface area contributed by atoms with E-state index in [0.29, 0.717) is 0 Å². The number of hydrogen-bond acceptors (Lipinski definition) is 3. The summed E-state index contributed by atoms with van der Waals surface area (Å²) in [6, 6.07) is 3.37. The number of hydrogen-bond donors (Lipinski definition) is 0. The molecule has 0 unspecified atom stereocenters. The molecule has 0 bridgehead atoms. The minimum Gasteiger partial charge on any atom is -0.369 e. The third kappa shape index (κ3) is 2.45. The van der Waals surface area contributed by atoms with Crippen LogP contribution in [0.4, 0.5) is 10.1 Å². The zero-order valence-electron chi connectivity index (χ0n) is 8.99. The van der Waals surface area contributed by atoms with Gasteiger partial charge in [-0.05, 0) is 12.6 Å². The second-order valence-corrected chi connectivity index (χ2v) is 3.76. The molecule has 1 saturated heterocycles. The summed E-state index contributed by atoms with van der Waals surface area (Å²) in [5.41, 5.74) is 0.943. The number of aromatic nitrogens is 1. The van der Waals surface area contributed by atoms with Gasteiger partial charge in [0.05, 0.1) is 0 Å². The first-order valence-electron chi connectivity index (χ1n) is 5.38. The molecule has 1 fully saturated rings. The second-order valence-electron chi connectivity index (χ2n) is 3.76. The summed E-state index contributed by atoms with van der Waals surface area (Å²) in [4.78, 5) is 8.16. The van der Waals surface area contributed by atoms with Crippen LogP contribution in [0.15, 0.2) is 18.3 Å². The maximum absolute atomic E-state index is 12.9. The van der Waals surface area contributed by atoms with Crippen molar-refractivity contribution in [1.82, 2.24) is 9.88 Å². The highest BCUT2D eigenvalue weighted by Crippen LogP contribution is 2.15. The Morgan fingerprint density at radius 1 is 1.33 bits per heavy atom. The van der Waals surface area contributed by atoms with Crippen LogP contribution in [0.25, 0.3) is 0 Å². The molecule has 0 aromatic carbocycles. The Labute approximate surface area is 89.5 Å². The lowest BCUT2D eigenvalue weighted by molar-refractivity contribution is 0.271. The van der Waals surface area contributed by atoms with E-state index in [1.807, 2.05) is 6.07 Å². The van der Waals surface area contributed by atoms with Crippen molar-refractivity contribution in [2.45, 2.75) is 6.92 Å². The average Bonchev–Trinajstić information content (AvgIpc) is 2.29. The Morgan fingerprint density at radius 3 is 2.67 bits per heavy atom. The topological polar surface area (TPSA) is 19.4 Å². The standard InChI is InChI=1S/C11H16FN3/c1-2-14-5-7-15(8-6-14)10-3-4-13-11(12)9-10/h3-4,9H,2,5-8H2,1H3. The molecular formula is C11H16FN3.